The second kappa shape index (κ2) is 6.67. The lowest BCUT2D eigenvalue weighted by atomic mass is 10.3. The molecule has 0 bridgehead atoms. The van der Waals surface area contributed by atoms with Crippen LogP contribution in [-0.2, 0) is 10.2 Å². The van der Waals surface area contributed by atoms with Gasteiger partial charge in [-0.25, -0.2) is 9.11 Å². The first kappa shape index (κ1) is 14.9. The van der Waals surface area contributed by atoms with Crippen LogP contribution in [0.15, 0.2) is 24.3 Å². The van der Waals surface area contributed by atoms with Crippen molar-refractivity contribution in [1.82, 2.24) is 9.03 Å². The van der Waals surface area contributed by atoms with Crippen LogP contribution in [0, 0.1) is 5.82 Å². The van der Waals surface area contributed by atoms with Crippen LogP contribution < -0.4 is 9.46 Å². The van der Waals surface area contributed by atoms with Crippen LogP contribution in [-0.4, -0.2) is 40.0 Å². The molecule has 0 fully saturated rings. The number of ether oxygens (including phenoxy) is 1. The summed E-state index contributed by atoms with van der Waals surface area (Å²) in [6, 6.07) is 5.67. The van der Waals surface area contributed by atoms with Gasteiger partial charge in [0.2, 0.25) is 0 Å². The molecule has 0 radical (unpaired) electrons. The molecule has 0 aromatic heterocycles. The molecule has 0 saturated carbocycles. The summed E-state index contributed by atoms with van der Waals surface area (Å²) in [6.45, 7) is 0.656. The van der Waals surface area contributed by atoms with Crippen LogP contribution in [0.1, 0.15) is 6.42 Å². The van der Waals surface area contributed by atoms with Crippen molar-refractivity contribution in [2.75, 3.05) is 27.2 Å². The van der Waals surface area contributed by atoms with Gasteiger partial charge in [0.25, 0.3) is 10.2 Å². The predicted octanol–water partition coefficient (Wildman–Crippen LogP) is 0.991. The fourth-order valence-electron chi connectivity index (χ4n) is 1.12. The summed E-state index contributed by atoms with van der Waals surface area (Å²) in [6.07, 6.45) is 0.532. The highest BCUT2D eigenvalue weighted by Crippen LogP contribution is 2.10. The van der Waals surface area contributed by atoms with E-state index in [-0.39, 0.29) is 5.82 Å². The van der Waals surface area contributed by atoms with E-state index in [1.54, 1.807) is 0 Å². The van der Waals surface area contributed by atoms with E-state index >= 15 is 0 Å². The molecule has 0 aliphatic rings. The van der Waals surface area contributed by atoms with Crippen LogP contribution in [0.5, 0.6) is 5.75 Å². The van der Waals surface area contributed by atoms with E-state index in [0.717, 1.165) is 4.31 Å². The molecule has 18 heavy (non-hydrogen) atoms. The van der Waals surface area contributed by atoms with Crippen molar-refractivity contribution < 1.29 is 17.5 Å². The zero-order valence-electron chi connectivity index (χ0n) is 10.4. The number of nitrogens with one attached hydrogen (secondary N) is 1. The van der Waals surface area contributed by atoms with Gasteiger partial charge in [-0.1, -0.05) is 0 Å². The standard InChI is InChI=1S/C11H17FN2O3S/c1-14(2)18(15,16)13-8-3-9-17-11-6-4-10(12)5-7-11/h4-7,13H,3,8-9H2,1-2H3. The van der Waals surface area contributed by atoms with Crippen LogP contribution >= 0.6 is 0 Å². The van der Waals surface area contributed by atoms with Crippen molar-refractivity contribution in [2.45, 2.75) is 6.42 Å². The van der Waals surface area contributed by atoms with Crippen molar-refractivity contribution in [1.29, 1.82) is 0 Å². The van der Waals surface area contributed by atoms with E-state index in [0.29, 0.717) is 25.3 Å². The fraction of sp³-hybridized carbons (Fsp3) is 0.455. The van der Waals surface area contributed by atoms with Gasteiger partial charge in [-0.2, -0.15) is 12.7 Å². The van der Waals surface area contributed by atoms with E-state index < -0.39 is 10.2 Å². The molecular formula is C11H17FN2O3S. The minimum Gasteiger partial charge on any atom is -0.494 e. The summed E-state index contributed by atoms with van der Waals surface area (Å²) in [5.41, 5.74) is 0. The molecule has 1 rings (SSSR count). The zero-order chi connectivity index (χ0) is 13.6. The van der Waals surface area contributed by atoms with Gasteiger partial charge >= 0.3 is 0 Å². The molecule has 0 aliphatic heterocycles. The quantitative estimate of drug-likeness (QED) is 0.756. The van der Waals surface area contributed by atoms with Gasteiger partial charge in [-0.15, -0.1) is 0 Å². The molecule has 0 spiro atoms. The highest BCUT2D eigenvalue weighted by Gasteiger charge is 2.11. The molecule has 0 heterocycles. The maximum absolute atomic E-state index is 12.6. The molecular weight excluding hydrogens is 259 g/mol. The normalized spacial score (nSPS) is 11.8. The third-order valence-corrected chi connectivity index (χ3v) is 3.70. The zero-order valence-corrected chi connectivity index (χ0v) is 11.2. The Kier molecular flexibility index (Phi) is 5.52. The lowest BCUT2D eigenvalue weighted by Gasteiger charge is -2.12. The summed E-state index contributed by atoms with van der Waals surface area (Å²) >= 11 is 0. The lowest BCUT2D eigenvalue weighted by molar-refractivity contribution is 0.310. The topological polar surface area (TPSA) is 58.6 Å². The lowest BCUT2D eigenvalue weighted by Crippen LogP contribution is -2.36. The Labute approximate surface area is 107 Å². The first-order valence-corrected chi connectivity index (χ1v) is 6.91. The highest BCUT2D eigenvalue weighted by atomic mass is 32.2. The maximum atomic E-state index is 12.6. The van der Waals surface area contributed by atoms with E-state index in [2.05, 4.69) is 4.72 Å². The van der Waals surface area contributed by atoms with Gasteiger partial charge in [0, 0.05) is 20.6 Å². The average Bonchev–Trinajstić information content (AvgIpc) is 2.31. The highest BCUT2D eigenvalue weighted by molar-refractivity contribution is 7.87. The first-order valence-electron chi connectivity index (χ1n) is 5.47. The van der Waals surface area contributed by atoms with E-state index in [4.69, 9.17) is 4.74 Å². The Morgan fingerprint density at radius 1 is 1.28 bits per heavy atom. The van der Waals surface area contributed by atoms with Crippen molar-refractivity contribution in [3.05, 3.63) is 30.1 Å². The number of nitrogens with zero attached hydrogens (tertiary/aromatic N) is 1. The smallest absolute Gasteiger partial charge is 0.278 e. The average molecular weight is 276 g/mol. The van der Waals surface area contributed by atoms with Gasteiger partial charge in [-0.3, -0.25) is 0 Å². The van der Waals surface area contributed by atoms with Crippen LogP contribution in [0.2, 0.25) is 0 Å². The third kappa shape index (κ3) is 4.99. The summed E-state index contributed by atoms with van der Waals surface area (Å²) in [4.78, 5) is 0. The largest absolute Gasteiger partial charge is 0.494 e. The van der Waals surface area contributed by atoms with Gasteiger partial charge in [0.05, 0.1) is 6.61 Å². The fourth-order valence-corrected chi connectivity index (χ4v) is 1.78. The minimum atomic E-state index is -3.37. The molecule has 0 aliphatic carbocycles. The molecule has 7 heteroatoms. The van der Waals surface area contributed by atoms with Gasteiger partial charge < -0.3 is 4.74 Å². The number of halogens is 1. The second-order valence-corrected chi connectivity index (χ2v) is 5.81. The van der Waals surface area contributed by atoms with Crippen LogP contribution in [0.3, 0.4) is 0 Å². The Balaban J connectivity index is 2.22. The van der Waals surface area contributed by atoms with Crippen LogP contribution in [0.4, 0.5) is 4.39 Å². The molecule has 1 N–H and O–H groups in total. The molecule has 0 unspecified atom stereocenters. The van der Waals surface area contributed by atoms with Crippen molar-refractivity contribution in [2.24, 2.45) is 0 Å². The third-order valence-electron chi connectivity index (χ3n) is 2.17. The molecule has 102 valence electrons. The maximum Gasteiger partial charge on any atom is 0.278 e. The summed E-state index contributed by atoms with van der Waals surface area (Å²) in [5, 5.41) is 0. The number of hydrogen-bond acceptors (Lipinski definition) is 3. The number of rotatable bonds is 7. The molecule has 5 nitrogen and oxygen atoms in total. The van der Waals surface area contributed by atoms with E-state index in [9.17, 15) is 12.8 Å². The Morgan fingerprint density at radius 2 is 1.89 bits per heavy atom. The number of benzene rings is 1. The summed E-state index contributed by atoms with van der Waals surface area (Å²) < 4.78 is 44.1. The Hall–Kier alpha value is -1.18. The summed E-state index contributed by atoms with van der Waals surface area (Å²) in [7, 11) is -0.459. The van der Waals surface area contributed by atoms with Gasteiger partial charge in [0.15, 0.2) is 0 Å². The van der Waals surface area contributed by atoms with Crippen LogP contribution in [0.25, 0.3) is 0 Å². The monoisotopic (exact) mass is 276 g/mol. The first-order chi connectivity index (χ1) is 8.42. The molecule has 0 atom stereocenters. The molecule has 1 aromatic carbocycles. The summed E-state index contributed by atoms with van der Waals surface area (Å²) in [5.74, 6) is 0.243. The SMILES string of the molecule is CN(C)S(=O)(=O)NCCCOc1ccc(F)cc1. The van der Waals surface area contributed by atoms with Crippen molar-refractivity contribution in [3.63, 3.8) is 0 Å². The second-order valence-electron chi connectivity index (χ2n) is 3.84. The molecule has 1 aromatic rings. The Bertz CT molecular complexity index is 460. The minimum absolute atomic E-state index is 0.293. The predicted molar refractivity (Wildman–Crippen MR) is 67.1 cm³/mol. The molecule has 0 amide bonds. The van der Waals surface area contributed by atoms with Crippen molar-refractivity contribution >= 4 is 10.2 Å². The van der Waals surface area contributed by atoms with Gasteiger partial charge in [-0.05, 0) is 30.7 Å². The van der Waals surface area contributed by atoms with Crippen molar-refractivity contribution in [3.8, 4) is 5.75 Å². The van der Waals surface area contributed by atoms with Gasteiger partial charge in [0.1, 0.15) is 11.6 Å². The van der Waals surface area contributed by atoms with E-state index in [1.807, 2.05) is 0 Å². The Morgan fingerprint density at radius 3 is 2.44 bits per heavy atom. The van der Waals surface area contributed by atoms with E-state index in [1.165, 1.54) is 38.4 Å². The number of hydrogen-bond donors (Lipinski definition) is 1. The molecule has 0 saturated heterocycles.